The van der Waals surface area contributed by atoms with Gasteiger partial charge in [0.1, 0.15) is 5.56 Å². The molecule has 0 radical (unpaired) electrons. The molecule has 1 rings (SSSR count). The molecule has 0 aromatic carbocycles. The number of methoxy groups -OCH3 is 1. The van der Waals surface area contributed by atoms with Crippen LogP contribution in [0, 0.1) is 0 Å². The van der Waals surface area contributed by atoms with Crippen LogP contribution < -0.4 is 11.5 Å². The fourth-order valence-corrected chi connectivity index (χ4v) is 0.940. The topological polar surface area (TPSA) is 91.2 Å². The number of halogens is 1. The number of nitrogens with two attached hydrogens (primary N) is 2. The van der Waals surface area contributed by atoms with E-state index >= 15 is 0 Å². The van der Waals surface area contributed by atoms with Gasteiger partial charge >= 0.3 is 5.97 Å². The van der Waals surface area contributed by atoms with E-state index in [0.29, 0.717) is 0 Å². The van der Waals surface area contributed by atoms with Crippen molar-refractivity contribution in [3.63, 3.8) is 0 Å². The summed E-state index contributed by atoms with van der Waals surface area (Å²) in [6.45, 7) is 0. The van der Waals surface area contributed by atoms with Crippen molar-refractivity contribution in [1.29, 1.82) is 0 Å². The lowest BCUT2D eigenvalue weighted by Crippen LogP contribution is -2.09. The first-order chi connectivity index (χ1) is 6.07. The molecule has 0 fully saturated rings. The first-order valence-electron chi connectivity index (χ1n) is 3.35. The fourth-order valence-electron chi connectivity index (χ4n) is 0.789. The van der Waals surface area contributed by atoms with Crippen molar-refractivity contribution >= 4 is 28.9 Å². The van der Waals surface area contributed by atoms with E-state index in [1.807, 2.05) is 0 Å². The lowest BCUT2D eigenvalue weighted by molar-refractivity contribution is 0.0601. The van der Waals surface area contributed by atoms with Crippen molar-refractivity contribution in [3.05, 3.63) is 16.9 Å². The fraction of sp³-hybridized carbons (Fsp3) is 0.143. The lowest BCUT2D eigenvalue weighted by Gasteiger charge is -2.06. The SMILES string of the molecule is COC(=O)c1cnc(Cl)c(N)c1N. The Morgan fingerprint density at radius 3 is 2.69 bits per heavy atom. The van der Waals surface area contributed by atoms with Gasteiger partial charge in [0.15, 0.2) is 5.15 Å². The third-order valence-corrected chi connectivity index (χ3v) is 1.82. The Bertz CT molecular complexity index is 354. The van der Waals surface area contributed by atoms with Crippen molar-refractivity contribution in [2.24, 2.45) is 0 Å². The van der Waals surface area contributed by atoms with Crippen LogP contribution in [0.5, 0.6) is 0 Å². The molecule has 0 saturated heterocycles. The van der Waals surface area contributed by atoms with Gasteiger partial charge in [-0.1, -0.05) is 11.6 Å². The molecule has 13 heavy (non-hydrogen) atoms. The van der Waals surface area contributed by atoms with Gasteiger partial charge < -0.3 is 16.2 Å². The molecule has 0 unspecified atom stereocenters. The maximum absolute atomic E-state index is 11.1. The molecule has 1 aromatic rings. The summed E-state index contributed by atoms with van der Waals surface area (Å²) in [5.74, 6) is -0.589. The van der Waals surface area contributed by atoms with Crippen LogP contribution >= 0.6 is 11.6 Å². The Labute approximate surface area is 79.6 Å². The average Bonchev–Trinajstić information content (AvgIpc) is 2.13. The number of carbonyl (C=O) groups is 1. The third-order valence-electron chi connectivity index (χ3n) is 1.51. The van der Waals surface area contributed by atoms with Gasteiger partial charge in [0, 0.05) is 6.20 Å². The molecule has 4 N–H and O–H groups in total. The highest BCUT2D eigenvalue weighted by Gasteiger charge is 2.14. The zero-order valence-electron chi connectivity index (χ0n) is 6.87. The highest BCUT2D eigenvalue weighted by molar-refractivity contribution is 6.32. The van der Waals surface area contributed by atoms with Crippen molar-refractivity contribution in [2.75, 3.05) is 18.6 Å². The van der Waals surface area contributed by atoms with Gasteiger partial charge in [0.05, 0.1) is 18.5 Å². The van der Waals surface area contributed by atoms with Crippen LogP contribution in [0.2, 0.25) is 5.15 Å². The van der Waals surface area contributed by atoms with Gasteiger partial charge in [0.2, 0.25) is 0 Å². The van der Waals surface area contributed by atoms with Crippen molar-refractivity contribution < 1.29 is 9.53 Å². The van der Waals surface area contributed by atoms with Crippen LogP contribution in [0.4, 0.5) is 11.4 Å². The number of nitrogens with zero attached hydrogens (tertiary/aromatic N) is 1. The first-order valence-corrected chi connectivity index (χ1v) is 3.73. The first kappa shape index (κ1) is 9.60. The average molecular weight is 202 g/mol. The molecule has 1 heterocycles. The molecule has 6 heteroatoms. The van der Waals surface area contributed by atoms with Gasteiger partial charge in [0.25, 0.3) is 0 Å². The van der Waals surface area contributed by atoms with Gasteiger partial charge in [-0.05, 0) is 0 Å². The second kappa shape index (κ2) is 3.49. The van der Waals surface area contributed by atoms with E-state index in [2.05, 4.69) is 9.72 Å². The summed E-state index contributed by atoms with van der Waals surface area (Å²) >= 11 is 5.57. The Balaban J connectivity index is 3.26. The minimum Gasteiger partial charge on any atom is -0.465 e. The second-order valence-corrected chi connectivity index (χ2v) is 2.64. The maximum Gasteiger partial charge on any atom is 0.341 e. The van der Waals surface area contributed by atoms with Crippen molar-refractivity contribution in [1.82, 2.24) is 4.98 Å². The van der Waals surface area contributed by atoms with E-state index in [4.69, 9.17) is 23.1 Å². The minimum absolute atomic E-state index is 0.0742. The van der Waals surface area contributed by atoms with Crippen molar-refractivity contribution in [2.45, 2.75) is 0 Å². The molecule has 0 atom stereocenters. The summed E-state index contributed by atoms with van der Waals surface area (Å²) in [5.41, 5.74) is 11.2. The second-order valence-electron chi connectivity index (χ2n) is 2.28. The van der Waals surface area contributed by atoms with Crippen molar-refractivity contribution in [3.8, 4) is 0 Å². The number of esters is 1. The molecule has 0 saturated carbocycles. The van der Waals surface area contributed by atoms with Crippen LogP contribution in [-0.4, -0.2) is 18.1 Å². The predicted molar refractivity (Wildman–Crippen MR) is 49.4 cm³/mol. The molecule has 0 spiro atoms. The molecular weight excluding hydrogens is 194 g/mol. The number of aromatic nitrogens is 1. The number of nitrogen functional groups attached to an aromatic ring is 2. The Hall–Kier alpha value is -1.49. The molecule has 0 aliphatic heterocycles. The number of hydrogen-bond donors (Lipinski definition) is 2. The van der Waals surface area contributed by atoms with Crippen LogP contribution in [0.25, 0.3) is 0 Å². The molecule has 5 nitrogen and oxygen atoms in total. The zero-order valence-corrected chi connectivity index (χ0v) is 7.63. The minimum atomic E-state index is -0.589. The normalized spacial score (nSPS) is 9.69. The highest BCUT2D eigenvalue weighted by Crippen LogP contribution is 2.25. The maximum atomic E-state index is 11.1. The standard InChI is InChI=1S/C7H8ClN3O2/c1-13-7(12)3-2-11-6(8)5(10)4(3)9/h2H,10H2,1H3,(H2,9,11). The van der Waals surface area contributed by atoms with Crippen LogP contribution in [0.3, 0.4) is 0 Å². The highest BCUT2D eigenvalue weighted by atomic mass is 35.5. The number of anilines is 2. The summed E-state index contributed by atoms with van der Waals surface area (Å²) < 4.78 is 4.45. The summed E-state index contributed by atoms with van der Waals surface area (Å²) in [6, 6.07) is 0. The largest absolute Gasteiger partial charge is 0.465 e. The van der Waals surface area contributed by atoms with Gasteiger partial charge in [-0.25, -0.2) is 9.78 Å². The number of hydrogen-bond acceptors (Lipinski definition) is 5. The molecule has 0 amide bonds. The molecule has 0 bridgehead atoms. The molecule has 1 aromatic heterocycles. The van der Waals surface area contributed by atoms with Gasteiger partial charge in [-0.2, -0.15) is 0 Å². The summed E-state index contributed by atoms with van der Waals surface area (Å²) in [5, 5.41) is 0.0742. The Morgan fingerprint density at radius 2 is 2.15 bits per heavy atom. The molecule has 70 valence electrons. The Kier molecular flexibility index (Phi) is 2.57. The molecule has 0 aliphatic carbocycles. The van der Waals surface area contributed by atoms with E-state index in [0.717, 1.165) is 0 Å². The summed E-state index contributed by atoms with van der Waals surface area (Å²) in [4.78, 5) is 14.7. The van der Waals surface area contributed by atoms with Crippen LogP contribution in [0.15, 0.2) is 6.20 Å². The van der Waals surface area contributed by atoms with E-state index in [1.54, 1.807) is 0 Å². The Morgan fingerprint density at radius 1 is 1.54 bits per heavy atom. The third kappa shape index (κ3) is 1.65. The molecule has 0 aliphatic rings. The van der Waals surface area contributed by atoms with Gasteiger partial charge in [-0.15, -0.1) is 0 Å². The summed E-state index contributed by atoms with van der Waals surface area (Å²) in [6.07, 6.45) is 1.22. The number of carbonyl (C=O) groups excluding carboxylic acids is 1. The van der Waals surface area contributed by atoms with E-state index in [9.17, 15) is 4.79 Å². The number of pyridine rings is 1. The van der Waals surface area contributed by atoms with Gasteiger partial charge in [-0.3, -0.25) is 0 Å². The zero-order chi connectivity index (χ0) is 10.0. The number of rotatable bonds is 1. The predicted octanol–water partition coefficient (Wildman–Crippen LogP) is 0.686. The monoisotopic (exact) mass is 201 g/mol. The van der Waals surface area contributed by atoms with Crippen LogP contribution in [-0.2, 0) is 4.74 Å². The quantitative estimate of drug-likeness (QED) is 0.515. The summed E-state index contributed by atoms with van der Waals surface area (Å²) in [7, 11) is 1.24. The smallest absolute Gasteiger partial charge is 0.341 e. The number of ether oxygens (including phenoxy) is 1. The lowest BCUT2D eigenvalue weighted by atomic mass is 10.2. The van der Waals surface area contributed by atoms with E-state index in [1.165, 1.54) is 13.3 Å². The van der Waals surface area contributed by atoms with E-state index < -0.39 is 5.97 Å². The van der Waals surface area contributed by atoms with E-state index in [-0.39, 0.29) is 22.1 Å². The molecular formula is C7H8ClN3O2. The van der Waals surface area contributed by atoms with Crippen LogP contribution in [0.1, 0.15) is 10.4 Å².